The lowest BCUT2D eigenvalue weighted by Gasteiger charge is -2.33. The molecular formula is C10H19N3O3. The molecule has 1 atom stereocenters. The molecule has 1 aliphatic rings. The van der Waals surface area contributed by atoms with Crippen LogP contribution in [0.3, 0.4) is 0 Å². The van der Waals surface area contributed by atoms with Crippen LogP contribution in [0.4, 0.5) is 0 Å². The van der Waals surface area contributed by atoms with Gasteiger partial charge in [0.1, 0.15) is 6.04 Å². The van der Waals surface area contributed by atoms with E-state index in [0.29, 0.717) is 13.1 Å². The molecule has 6 heteroatoms. The summed E-state index contributed by atoms with van der Waals surface area (Å²) in [7, 11) is 3.56. The van der Waals surface area contributed by atoms with Gasteiger partial charge >= 0.3 is 5.97 Å². The van der Waals surface area contributed by atoms with Gasteiger partial charge in [0.05, 0.1) is 6.42 Å². The highest BCUT2D eigenvalue weighted by atomic mass is 16.4. The second-order valence-corrected chi connectivity index (χ2v) is 4.07. The van der Waals surface area contributed by atoms with Crippen LogP contribution in [0, 0.1) is 0 Å². The van der Waals surface area contributed by atoms with E-state index >= 15 is 0 Å². The first-order chi connectivity index (χ1) is 7.54. The zero-order chi connectivity index (χ0) is 12.1. The van der Waals surface area contributed by atoms with E-state index in [4.69, 9.17) is 5.11 Å². The van der Waals surface area contributed by atoms with Crippen LogP contribution >= 0.6 is 0 Å². The first-order valence-corrected chi connectivity index (χ1v) is 5.41. The van der Waals surface area contributed by atoms with E-state index in [2.05, 4.69) is 10.2 Å². The maximum Gasteiger partial charge on any atom is 0.321 e. The molecule has 1 saturated heterocycles. The molecule has 1 fully saturated rings. The molecule has 1 heterocycles. The first-order valence-electron chi connectivity index (χ1n) is 5.41. The third-order valence-electron chi connectivity index (χ3n) is 2.88. The van der Waals surface area contributed by atoms with Gasteiger partial charge in [-0.2, -0.15) is 0 Å². The number of piperazine rings is 1. The van der Waals surface area contributed by atoms with Crippen LogP contribution in [0.25, 0.3) is 0 Å². The summed E-state index contributed by atoms with van der Waals surface area (Å²) >= 11 is 0. The molecule has 0 saturated carbocycles. The zero-order valence-electron chi connectivity index (χ0n) is 9.77. The summed E-state index contributed by atoms with van der Waals surface area (Å²) in [5, 5.41) is 11.4. The Labute approximate surface area is 95.2 Å². The SMILES string of the molecule is CN[C@@H](CC(=O)N1CCN(C)CC1)C(=O)O. The van der Waals surface area contributed by atoms with E-state index in [1.54, 1.807) is 11.9 Å². The van der Waals surface area contributed by atoms with Gasteiger partial charge in [-0.15, -0.1) is 0 Å². The Hall–Kier alpha value is -1.14. The third kappa shape index (κ3) is 3.46. The van der Waals surface area contributed by atoms with Gasteiger partial charge in [-0.1, -0.05) is 0 Å². The van der Waals surface area contributed by atoms with Gasteiger partial charge in [-0.25, -0.2) is 0 Å². The van der Waals surface area contributed by atoms with Crippen molar-refractivity contribution in [3.63, 3.8) is 0 Å². The summed E-state index contributed by atoms with van der Waals surface area (Å²) in [5.74, 6) is -1.07. The van der Waals surface area contributed by atoms with Crippen molar-refractivity contribution in [2.24, 2.45) is 0 Å². The summed E-state index contributed by atoms with van der Waals surface area (Å²) in [6.07, 6.45) is 0.0234. The standard InChI is InChI=1S/C10H19N3O3/c1-11-8(10(15)16)7-9(14)13-5-3-12(2)4-6-13/h8,11H,3-7H2,1-2H3,(H,15,16)/t8-/m0/s1. The van der Waals surface area contributed by atoms with Crippen LogP contribution in [0.5, 0.6) is 0 Å². The highest BCUT2D eigenvalue weighted by molar-refractivity contribution is 5.84. The van der Waals surface area contributed by atoms with Crippen molar-refractivity contribution in [3.8, 4) is 0 Å². The van der Waals surface area contributed by atoms with E-state index in [0.717, 1.165) is 13.1 Å². The van der Waals surface area contributed by atoms with Crippen LogP contribution in [-0.2, 0) is 9.59 Å². The quantitative estimate of drug-likeness (QED) is 0.635. The number of nitrogens with zero attached hydrogens (tertiary/aromatic N) is 2. The summed E-state index contributed by atoms with van der Waals surface area (Å²) in [6, 6.07) is -0.785. The number of carboxylic acids is 1. The third-order valence-corrected chi connectivity index (χ3v) is 2.88. The molecule has 0 unspecified atom stereocenters. The summed E-state index contributed by atoms with van der Waals surface area (Å²) < 4.78 is 0. The van der Waals surface area contributed by atoms with Crippen LogP contribution < -0.4 is 5.32 Å². The van der Waals surface area contributed by atoms with Crippen molar-refractivity contribution in [1.29, 1.82) is 0 Å². The molecule has 0 aromatic carbocycles. The zero-order valence-corrected chi connectivity index (χ0v) is 9.77. The number of nitrogens with one attached hydrogen (secondary N) is 1. The lowest BCUT2D eigenvalue weighted by Crippen LogP contribution is -2.49. The Morgan fingerprint density at radius 1 is 1.31 bits per heavy atom. The van der Waals surface area contributed by atoms with Crippen LogP contribution in [0.2, 0.25) is 0 Å². The molecule has 0 radical (unpaired) electrons. The minimum atomic E-state index is -0.982. The predicted molar refractivity (Wildman–Crippen MR) is 59.2 cm³/mol. The number of carbonyl (C=O) groups is 2. The average molecular weight is 229 g/mol. The fourth-order valence-corrected chi connectivity index (χ4v) is 1.67. The fourth-order valence-electron chi connectivity index (χ4n) is 1.67. The fraction of sp³-hybridized carbons (Fsp3) is 0.800. The van der Waals surface area contributed by atoms with Crippen molar-refractivity contribution < 1.29 is 14.7 Å². The Balaban J connectivity index is 2.42. The molecule has 92 valence electrons. The number of amides is 1. The lowest BCUT2D eigenvalue weighted by molar-refractivity contribution is -0.143. The monoisotopic (exact) mass is 229 g/mol. The van der Waals surface area contributed by atoms with Crippen molar-refractivity contribution in [2.45, 2.75) is 12.5 Å². The second kappa shape index (κ2) is 5.81. The number of aliphatic carboxylic acids is 1. The van der Waals surface area contributed by atoms with Gasteiger partial charge in [0.15, 0.2) is 0 Å². The minimum absolute atomic E-state index is 0.0234. The summed E-state index contributed by atoms with van der Waals surface area (Å²) in [4.78, 5) is 26.4. The van der Waals surface area contributed by atoms with Gasteiger partial charge in [-0.05, 0) is 14.1 Å². The lowest BCUT2D eigenvalue weighted by atomic mass is 10.2. The topological polar surface area (TPSA) is 72.9 Å². The maximum absolute atomic E-state index is 11.8. The van der Waals surface area contributed by atoms with Crippen molar-refractivity contribution in [2.75, 3.05) is 40.3 Å². The molecule has 1 aliphatic heterocycles. The van der Waals surface area contributed by atoms with E-state index in [9.17, 15) is 9.59 Å². The molecule has 2 N–H and O–H groups in total. The summed E-state index contributed by atoms with van der Waals surface area (Å²) in [5.41, 5.74) is 0. The maximum atomic E-state index is 11.8. The summed E-state index contributed by atoms with van der Waals surface area (Å²) in [6.45, 7) is 3.07. The molecular weight excluding hydrogens is 210 g/mol. The molecule has 6 nitrogen and oxygen atoms in total. The highest BCUT2D eigenvalue weighted by Gasteiger charge is 2.24. The molecule has 1 rings (SSSR count). The Kier molecular flexibility index (Phi) is 4.70. The Bertz CT molecular complexity index is 262. The number of rotatable bonds is 4. The Morgan fingerprint density at radius 3 is 2.31 bits per heavy atom. The minimum Gasteiger partial charge on any atom is -0.480 e. The van der Waals surface area contributed by atoms with E-state index in [-0.39, 0.29) is 12.3 Å². The molecule has 0 aromatic heterocycles. The Morgan fingerprint density at radius 2 is 1.88 bits per heavy atom. The van der Waals surface area contributed by atoms with Crippen LogP contribution in [-0.4, -0.2) is 73.1 Å². The number of hydrogen-bond acceptors (Lipinski definition) is 4. The van der Waals surface area contributed by atoms with Gasteiger partial charge in [-0.3, -0.25) is 9.59 Å². The van der Waals surface area contributed by atoms with Crippen LogP contribution in [0.1, 0.15) is 6.42 Å². The smallest absolute Gasteiger partial charge is 0.321 e. The van der Waals surface area contributed by atoms with Crippen molar-refractivity contribution in [3.05, 3.63) is 0 Å². The number of carbonyl (C=O) groups excluding carboxylic acids is 1. The number of likely N-dealkylation sites (N-methyl/N-ethyl adjacent to an activating group) is 2. The van der Waals surface area contributed by atoms with Gasteiger partial charge < -0.3 is 20.2 Å². The molecule has 0 spiro atoms. The molecule has 1 amide bonds. The van der Waals surface area contributed by atoms with Gasteiger partial charge in [0.2, 0.25) is 5.91 Å². The molecule has 16 heavy (non-hydrogen) atoms. The van der Waals surface area contributed by atoms with E-state index < -0.39 is 12.0 Å². The highest BCUT2D eigenvalue weighted by Crippen LogP contribution is 2.04. The number of hydrogen-bond donors (Lipinski definition) is 2. The van der Waals surface area contributed by atoms with Crippen molar-refractivity contribution in [1.82, 2.24) is 15.1 Å². The number of carboxylic acid groups (broad SMARTS) is 1. The first kappa shape index (κ1) is 12.9. The average Bonchev–Trinajstić information content (AvgIpc) is 2.26. The predicted octanol–water partition coefficient (Wildman–Crippen LogP) is -1.18. The van der Waals surface area contributed by atoms with Gasteiger partial charge in [0, 0.05) is 26.2 Å². The van der Waals surface area contributed by atoms with E-state index in [1.807, 2.05) is 7.05 Å². The van der Waals surface area contributed by atoms with Crippen LogP contribution in [0.15, 0.2) is 0 Å². The van der Waals surface area contributed by atoms with Crippen molar-refractivity contribution >= 4 is 11.9 Å². The molecule has 0 aliphatic carbocycles. The normalized spacial score (nSPS) is 19.5. The largest absolute Gasteiger partial charge is 0.480 e. The van der Waals surface area contributed by atoms with E-state index in [1.165, 1.54) is 0 Å². The molecule has 0 aromatic rings. The second-order valence-electron chi connectivity index (χ2n) is 4.07. The van der Waals surface area contributed by atoms with Gasteiger partial charge in [0.25, 0.3) is 0 Å². The molecule has 0 bridgehead atoms.